The Morgan fingerprint density at radius 3 is 2.47 bits per heavy atom. The predicted octanol–water partition coefficient (Wildman–Crippen LogP) is 3.29. The van der Waals surface area contributed by atoms with E-state index in [4.69, 9.17) is 4.74 Å². The molecule has 114 valence electrons. The summed E-state index contributed by atoms with van der Waals surface area (Å²) >= 11 is 0. The molecule has 0 aromatic carbocycles. The number of hydrogen-bond donors (Lipinski definition) is 1. The van der Waals surface area contributed by atoms with Gasteiger partial charge in [-0.15, -0.1) is 0 Å². The molecular formula is C13H24F3NO2. The summed E-state index contributed by atoms with van der Waals surface area (Å²) in [5.74, 6) is -1.37. The van der Waals surface area contributed by atoms with Crippen LogP contribution in [-0.2, 0) is 9.53 Å². The number of halogens is 3. The number of unbranched alkanes of at least 4 members (excludes halogenated alkanes) is 1. The van der Waals surface area contributed by atoms with Crippen LogP contribution in [0.4, 0.5) is 13.2 Å². The molecule has 0 bridgehead atoms. The predicted molar refractivity (Wildman–Crippen MR) is 67.8 cm³/mol. The van der Waals surface area contributed by atoms with Crippen LogP contribution in [0.5, 0.6) is 0 Å². The van der Waals surface area contributed by atoms with Crippen molar-refractivity contribution in [1.29, 1.82) is 0 Å². The Hall–Kier alpha value is -0.780. The number of amides is 1. The van der Waals surface area contributed by atoms with Gasteiger partial charge in [-0.3, -0.25) is 4.79 Å². The normalized spacial score (nSPS) is 13.3. The highest BCUT2D eigenvalue weighted by molar-refractivity contribution is 5.81. The first-order valence-corrected chi connectivity index (χ1v) is 6.84. The third-order valence-corrected chi connectivity index (χ3v) is 2.91. The average Bonchev–Trinajstić information content (AvgIpc) is 2.35. The van der Waals surface area contributed by atoms with Gasteiger partial charge in [0.25, 0.3) is 0 Å². The van der Waals surface area contributed by atoms with Gasteiger partial charge in [-0.2, -0.15) is 13.2 Å². The Morgan fingerprint density at radius 2 is 1.95 bits per heavy atom. The molecule has 0 fully saturated rings. The molecule has 1 unspecified atom stereocenters. The Balaban J connectivity index is 3.51. The fourth-order valence-electron chi connectivity index (χ4n) is 1.62. The molecule has 3 nitrogen and oxygen atoms in total. The zero-order valence-electron chi connectivity index (χ0n) is 11.7. The van der Waals surface area contributed by atoms with E-state index in [1.807, 2.05) is 5.32 Å². The average molecular weight is 283 g/mol. The first kappa shape index (κ1) is 18.2. The Kier molecular flexibility index (Phi) is 9.65. The molecule has 0 aliphatic heterocycles. The summed E-state index contributed by atoms with van der Waals surface area (Å²) in [5, 5.41) is 1.82. The molecule has 0 aromatic heterocycles. The molecule has 0 saturated heterocycles. The van der Waals surface area contributed by atoms with Crippen molar-refractivity contribution < 1.29 is 22.7 Å². The van der Waals surface area contributed by atoms with E-state index in [9.17, 15) is 18.0 Å². The lowest BCUT2D eigenvalue weighted by Crippen LogP contribution is -2.37. The van der Waals surface area contributed by atoms with E-state index in [1.165, 1.54) is 6.42 Å². The lowest BCUT2D eigenvalue weighted by molar-refractivity contribution is -0.173. The summed E-state index contributed by atoms with van der Waals surface area (Å²) < 4.78 is 41.0. The largest absolute Gasteiger partial charge is 0.471 e. The zero-order valence-corrected chi connectivity index (χ0v) is 11.7. The summed E-state index contributed by atoms with van der Waals surface area (Å²) in [7, 11) is 0. The molecule has 0 aliphatic carbocycles. The summed E-state index contributed by atoms with van der Waals surface area (Å²) in [4.78, 5) is 10.5. The van der Waals surface area contributed by atoms with E-state index in [0.717, 1.165) is 19.3 Å². The van der Waals surface area contributed by atoms with Gasteiger partial charge in [0.05, 0.1) is 0 Å². The first-order valence-electron chi connectivity index (χ1n) is 6.84. The van der Waals surface area contributed by atoms with Gasteiger partial charge in [0.1, 0.15) is 0 Å². The van der Waals surface area contributed by atoms with Crippen molar-refractivity contribution in [2.24, 2.45) is 5.92 Å². The van der Waals surface area contributed by atoms with Crippen LogP contribution in [0.25, 0.3) is 0 Å². The van der Waals surface area contributed by atoms with Gasteiger partial charge in [-0.1, -0.05) is 33.1 Å². The second kappa shape index (κ2) is 10.1. The van der Waals surface area contributed by atoms with Crippen LogP contribution in [0.3, 0.4) is 0 Å². The minimum absolute atomic E-state index is 0.00983. The quantitative estimate of drug-likeness (QED) is 0.625. The maximum atomic E-state index is 11.9. The van der Waals surface area contributed by atoms with Gasteiger partial charge in [-0.25, -0.2) is 0 Å². The topological polar surface area (TPSA) is 38.3 Å². The van der Waals surface area contributed by atoms with Crippen molar-refractivity contribution in [3.8, 4) is 0 Å². The molecular weight excluding hydrogens is 259 g/mol. The van der Waals surface area contributed by atoms with E-state index in [-0.39, 0.29) is 6.54 Å². The number of nitrogens with one attached hydrogen (secondary N) is 1. The van der Waals surface area contributed by atoms with Gasteiger partial charge in [0, 0.05) is 19.8 Å². The summed E-state index contributed by atoms with van der Waals surface area (Å²) in [6.45, 7) is 5.25. The molecule has 0 spiro atoms. The minimum atomic E-state index is -4.80. The fourth-order valence-corrected chi connectivity index (χ4v) is 1.62. The number of carbonyl (C=O) groups excluding carboxylic acids is 1. The van der Waals surface area contributed by atoms with Crippen molar-refractivity contribution in [3.63, 3.8) is 0 Å². The lowest BCUT2D eigenvalue weighted by atomic mass is 10.0. The summed E-state index contributed by atoms with van der Waals surface area (Å²) in [5.41, 5.74) is 0. The molecule has 1 N–H and O–H groups in total. The lowest BCUT2D eigenvalue weighted by Gasteiger charge is -2.14. The zero-order chi connectivity index (χ0) is 14.7. The molecule has 0 radical (unpaired) electrons. The van der Waals surface area contributed by atoms with Gasteiger partial charge in [-0.05, 0) is 18.8 Å². The number of hydrogen-bond acceptors (Lipinski definition) is 2. The highest BCUT2D eigenvalue weighted by atomic mass is 19.4. The van der Waals surface area contributed by atoms with E-state index < -0.39 is 12.1 Å². The summed E-state index contributed by atoms with van der Waals surface area (Å²) in [6.07, 6.45) is 0.0897. The maximum Gasteiger partial charge on any atom is 0.471 e. The monoisotopic (exact) mass is 283 g/mol. The minimum Gasteiger partial charge on any atom is -0.381 e. The van der Waals surface area contributed by atoms with E-state index in [1.54, 1.807) is 0 Å². The van der Waals surface area contributed by atoms with Crippen LogP contribution in [0, 0.1) is 5.92 Å². The van der Waals surface area contributed by atoms with Crippen LogP contribution in [0.2, 0.25) is 0 Å². The number of carbonyl (C=O) groups is 1. The third-order valence-electron chi connectivity index (χ3n) is 2.91. The highest BCUT2D eigenvalue weighted by Gasteiger charge is 2.38. The number of rotatable bonds is 10. The van der Waals surface area contributed by atoms with Crippen molar-refractivity contribution >= 4 is 5.91 Å². The third kappa shape index (κ3) is 9.76. The van der Waals surface area contributed by atoms with Gasteiger partial charge in [0.15, 0.2) is 0 Å². The number of alkyl halides is 3. The molecule has 0 heterocycles. The summed E-state index contributed by atoms with van der Waals surface area (Å²) in [6, 6.07) is 0. The first-order chi connectivity index (χ1) is 8.91. The standard InChI is InChI=1S/C13H24F3NO2/c1-3-5-7-11(4-2)10-19-9-6-8-17-12(18)13(14,15)16/h11H,3-10H2,1-2H3,(H,17,18). The van der Waals surface area contributed by atoms with E-state index in [0.29, 0.717) is 25.6 Å². The van der Waals surface area contributed by atoms with Crippen molar-refractivity contribution in [3.05, 3.63) is 0 Å². The Labute approximate surface area is 112 Å². The molecule has 19 heavy (non-hydrogen) atoms. The second-order valence-electron chi connectivity index (χ2n) is 4.60. The Morgan fingerprint density at radius 1 is 1.26 bits per heavy atom. The molecule has 0 aromatic rings. The van der Waals surface area contributed by atoms with E-state index >= 15 is 0 Å². The van der Waals surface area contributed by atoms with E-state index in [2.05, 4.69) is 13.8 Å². The van der Waals surface area contributed by atoms with Crippen LogP contribution in [-0.4, -0.2) is 31.8 Å². The second-order valence-corrected chi connectivity index (χ2v) is 4.60. The molecule has 6 heteroatoms. The smallest absolute Gasteiger partial charge is 0.381 e. The van der Waals surface area contributed by atoms with Crippen molar-refractivity contribution in [2.75, 3.05) is 19.8 Å². The molecule has 1 amide bonds. The molecule has 0 rings (SSSR count). The van der Waals surface area contributed by atoms with Crippen LogP contribution < -0.4 is 5.32 Å². The number of ether oxygens (including phenoxy) is 1. The molecule has 0 saturated carbocycles. The van der Waals surface area contributed by atoms with Gasteiger partial charge in [0.2, 0.25) is 0 Å². The fraction of sp³-hybridized carbons (Fsp3) is 0.923. The van der Waals surface area contributed by atoms with Gasteiger partial charge < -0.3 is 10.1 Å². The van der Waals surface area contributed by atoms with Crippen molar-refractivity contribution in [1.82, 2.24) is 5.32 Å². The van der Waals surface area contributed by atoms with Gasteiger partial charge >= 0.3 is 12.1 Å². The van der Waals surface area contributed by atoms with Crippen LogP contribution in [0.1, 0.15) is 46.0 Å². The maximum absolute atomic E-state index is 11.9. The SMILES string of the molecule is CCCCC(CC)COCCCNC(=O)C(F)(F)F. The van der Waals surface area contributed by atoms with Crippen LogP contribution >= 0.6 is 0 Å². The van der Waals surface area contributed by atoms with Crippen molar-refractivity contribution in [2.45, 2.75) is 52.1 Å². The van der Waals surface area contributed by atoms with Crippen LogP contribution in [0.15, 0.2) is 0 Å². The molecule has 1 atom stereocenters. The molecule has 0 aliphatic rings. The Bertz CT molecular complexity index is 245. The highest BCUT2D eigenvalue weighted by Crippen LogP contribution is 2.14.